The number of hydrogen-bond acceptors (Lipinski definition) is 4. The summed E-state index contributed by atoms with van der Waals surface area (Å²) >= 11 is 0. The zero-order valence-electron chi connectivity index (χ0n) is 16.7. The number of aliphatic hydroxyl groups excluding tert-OH is 1. The number of hydrogen-bond donors (Lipinski definition) is 2. The molecule has 2 atom stereocenters. The molecule has 5 nitrogen and oxygen atoms in total. The normalized spacial score (nSPS) is 18.9. The lowest BCUT2D eigenvalue weighted by atomic mass is 9.95. The first-order valence-electron chi connectivity index (χ1n) is 9.81. The van der Waals surface area contributed by atoms with E-state index in [2.05, 4.69) is 9.62 Å². The minimum atomic E-state index is -3.70. The maximum absolute atomic E-state index is 12.9. The maximum Gasteiger partial charge on any atom is 0.261 e. The Bertz CT molecular complexity index is 1140. The van der Waals surface area contributed by atoms with Crippen molar-refractivity contribution >= 4 is 26.5 Å². The Kier molecular flexibility index (Phi) is 5.34. The van der Waals surface area contributed by atoms with E-state index >= 15 is 0 Å². The van der Waals surface area contributed by atoms with E-state index in [0.717, 1.165) is 34.9 Å². The molecule has 2 unspecified atom stereocenters. The topological polar surface area (TPSA) is 69.6 Å². The number of aliphatic hydroxyl groups is 1. The highest BCUT2D eigenvalue weighted by atomic mass is 32.2. The van der Waals surface area contributed by atoms with Crippen LogP contribution in [0.4, 0.5) is 5.69 Å². The molecule has 0 bridgehead atoms. The monoisotopic (exact) mass is 410 g/mol. The van der Waals surface area contributed by atoms with Gasteiger partial charge in [-0.05, 0) is 79.6 Å². The zero-order valence-corrected chi connectivity index (χ0v) is 17.5. The molecule has 0 spiro atoms. The molecule has 6 heteroatoms. The number of sulfonamides is 1. The van der Waals surface area contributed by atoms with E-state index in [0.29, 0.717) is 12.1 Å². The Morgan fingerprint density at radius 1 is 1.03 bits per heavy atom. The Labute approximate surface area is 172 Å². The van der Waals surface area contributed by atoms with Gasteiger partial charge in [0.15, 0.2) is 0 Å². The summed E-state index contributed by atoms with van der Waals surface area (Å²) in [6.07, 6.45) is 1.03. The molecule has 0 amide bonds. The first kappa shape index (κ1) is 19.9. The molecule has 0 aliphatic heterocycles. The first-order chi connectivity index (χ1) is 13.8. The van der Waals surface area contributed by atoms with Gasteiger partial charge >= 0.3 is 0 Å². The summed E-state index contributed by atoms with van der Waals surface area (Å²) in [5.41, 5.74) is 2.66. The fourth-order valence-electron chi connectivity index (χ4n) is 4.06. The van der Waals surface area contributed by atoms with E-state index in [1.807, 2.05) is 56.6 Å². The summed E-state index contributed by atoms with van der Waals surface area (Å²) in [6, 6.07) is 18.4. The van der Waals surface area contributed by atoms with Crippen molar-refractivity contribution in [1.29, 1.82) is 0 Å². The highest BCUT2D eigenvalue weighted by Crippen LogP contribution is 2.37. The fourth-order valence-corrected chi connectivity index (χ4v) is 5.14. The van der Waals surface area contributed by atoms with E-state index in [4.69, 9.17) is 0 Å². The number of rotatable bonds is 6. The SMILES string of the molecule is CN(C)CCC1c2cc(NS(=O)(=O)c3ccc4ccccc4c3)ccc2CC1O. The van der Waals surface area contributed by atoms with Crippen LogP contribution >= 0.6 is 0 Å². The van der Waals surface area contributed by atoms with Crippen molar-refractivity contribution in [2.24, 2.45) is 0 Å². The molecule has 1 aliphatic rings. The molecule has 2 N–H and O–H groups in total. The summed E-state index contributed by atoms with van der Waals surface area (Å²) < 4.78 is 28.6. The molecule has 152 valence electrons. The van der Waals surface area contributed by atoms with Crippen molar-refractivity contribution in [3.63, 3.8) is 0 Å². The van der Waals surface area contributed by atoms with Crippen molar-refractivity contribution in [1.82, 2.24) is 4.90 Å². The van der Waals surface area contributed by atoms with Crippen molar-refractivity contribution in [3.8, 4) is 0 Å². The Morgan fingerprint density at radius 2 is 1.79 bits per heavy atom. The van der Waals surface area contributed by atoms with Crippen molar-refractivity contribution in [3.05, 3.63) is 71.8 Å². The summed E-state index contributed by atoms with van der Waals surface area (Å²) in [7, 11) is 0.321. The largest absolute Gasteiger partial charge is 0.392 e. The lowest BCUT2D eigenvalue weighted by molar-refractivity contribution is 0.147. The number of fused-ring (bicyclic) bond motifs is 2. The van der Waals surface area contributed by atoms with E-state index in [1.54, 1.807) is 18.2 Å². The van der Waals surface area contributed by atoms with E-state index in [9.17, 15) is 13.5 Å². The van der Waals surface area contributed by atoms with Gasteiger partial charge in [0.05, 0.1) is 11.0 Å². The summed E-state index contributed by atoms with van der Waals surface area (Å²) in [6.45, 7) is 0.869. The van der Waals surface area contributed by atoms with Gasteiger partial charge in [-0.15, -0.1) is 0 Å². The summed E-state index contributed by atoms with van der Waals surface area (Å²) in [5, 5.41) is 12.4. The second kappa shape index (κ2) is 7.78. The lowest BCUT2D eigenvalue weighted by Crippen LogP contribution is -2.20. The Hall–Kier alpha value is -2.41. The third kappa shape index (κ3) is 4.15. The molecule has 0 saturated carbocycles. The molecule has 4 rings (SSSR count). The van der Waals surface area contributed by atoms with E-state index < -0.39 is 16.1 Å². The van der Waals surface area contributed by atoms with Gasteiger partial charge in [-0.25, -0.2) is 8.42 Å². The van der Waals surface area contributed by atoms with Crippen LogP contribution in [-0.4, -0.2) is 45.2 Å². The van der Waals surface area contributed by atoms with Crippen LogP contribution in [0.2, 0.25) is 0 Å². The number of nitrogens with zero attached hydrogens (tertiary/aromatic N) is 1. The summed E-state index contributed by atoms with van der Waals surface area (Å²) in [5.74, 6) is 0.0255. The van der Waals surface area contributed by atoms with Crippen LogP contribution in [-0.2, 0) is 16.4 Å². The fraction of sp³-hybridized carbons (Fsp3) is 0.304. The van der Waals surface area contributed by atoms with E-state index in [-0.39, 0.29) is 10.8 Å². The van der Waals surface area contributed by atoms with Gasteiger partial charge in [0.2, 0.25) is 0 Å². The van der Waals surface area contributed by atoms with Gasteiger partial charge in [-0.2, -0.15) is 0 Å². The molecular weight excluding hydrogens is 384 g/mol. The highest BCUT2D eigenvalue weighted by Gasteiger charge is 2.31. The first-order valence-corrected chi connectivity index (χ1v) is 11.3. The smallest absolute Gasteiger partial charge is 0.261 e. The molecule has 3 aromatic carbocycles. The quantitative estimate of drug-likeness (QED) is 0.652. The van der Waals surface area contributed by atoms with Gasteiger partial charge < -0.3 is 10.0 Å². The standard InChI is InChI=1S/C23H26N2O3S/c1-25(2)12-11-21-22-15-19(9-7-18(22)14-23(21)26)24-29(27,28)20-10-8-16-5-3-4-6-17(16)13-20/h3-10,13,15,21,23-24,26H,11-12,14H2,1-2H3. The molecule has 29 heavy (non-hydrogen) atoms. The van der Waals surface area contributed by atoms with Gasteiger partial charge in [-0.3, -0.25) is 4.72 Å². The van der Waals surface area contributed by atoms with Crippen LogP contribution in [0, 0.1) is 0 Å². The molecular formula is C23H26N2O3S. The minimum absolute atomic E-state index is 0.0255. The second-order valence-corrected chi connectivity index (χ2v) is 9.68. The molecule has 3 aromatic rings. The van der Waals surface area contributed by atoms with Crippen LogP contribution in [0.5, 0.6) is 0 Å². The van der Waals surface area contributed by atoms with Gasteiger partial charge in [-0.1, -0.05) is 36.4 Å². The minimum Gasteiger partial charge on any atom is -0.392 e. The second-order valence-electron chi connectivity index (χ2n) is 8.00. The van der Waals surface area contributed by atoms with Crippen LogP contribution in [0.1, 0.15) is 23.5 Å². The molecule has 0 aromatic heterocycles. The Morgan fingerprint density at radius 3 is 2.55 bits per heavy atom. The number of nitrogens with one attached hydrogen (secondary N) is 1. The number of anilines is 1. The predicted octanol–water partition coefficient (Wildman–Crippen LogP) is 3.59. The molecule has 1 aliphatic carbocycles. The van der Waals surface area contributed by atoms with Crippen molar-refractivity contribution < 1.29 is 13.5 Å². The zero-order chi connectivity index (χ0) is 20.6. The van der Waals surface area contributed by atoms with Gasteiger partial charge in [0.25, 0.3) is 10.0 Å². The van der Waals surface area contributed by atoms with Crippen LogP contribution in [0.3, 0.4) is 0 Å². The van der Waals surface area contributed by atoms with Crippen LogP contribution in [0.15, 0.2) is 65.6 Å². The van der Waals surface area contributed by atoms with Crippen LogP contribution in [0.25, 0.3) is 10.8 Å². The molecule has 0 heterocycles. The highest BCUT2D eigenvalue weighted by molar-refractivity contribution is 7.92. The van der Waals surface area contributed by atoms with Crippen LogP contribution < -0.4 is 4.72 Å². The van der Waals surface area contributed by atoms with Crippen molar-refractivity contribution in [2.45, 2.75) is 29.8 Å². The molecule has 0 radical (unpaired) electrons. The van der Waals surface area contributed by atoms with Gasteiger partial charge in [0.1, 0.15) is 0 Å². The third-order valence-corrected chi connectivity index (χ3v) is 6.99. The number of benzene rings is 3. The average Bonchev–Trinajstić information content (AvgIpc) is 3.00. The summed E-state index contributed by atoms with van der Waals surface area (Å²) in [4.78, 5) is 2.33. The molecule has 0 fully saturated rings. The van der Waals surface area contributed by atoms with Gasteiger partial charge in [0, 0.05) is 11.6 Å². The van der Waals surface area contributed by atoms with Crippen molar-refractivity contribution in [2.75, 3.05) is 25.4 Å². The maximum atomic E-state index is 12.9. The lowest BCUT2D eigenvalue weighted by Gasteiger charge is -2.19. The third-order valence-electron chi connectivity index (χ3n) is 5.61. The Balaban J connectivity index is 1.60. The van der Waals surface area contributed by atoms with E-state index in [1.165, 1.54) is 0 Å². The predicted molar refractivity (Wildman–Crippen MR) is 117 cm³/mol. The molecule has 0 saturated heterocycles. The average molecular weight is 411 g/mol.